The molecule has 112 valence electrons. The molecular weight excluding hydrogens is 369 g/mol. The first-order valence-corrected chi connectivity index (χ1v) is 7.79. The normalized spacial score (nSPS) is 10.7. The van der Waals surface area contributed by atoms with Gasteiger partial charge in [0.1, 0.15) is 10.6 Å². The number of carboxylic acids is 1. The molecule has 1 amide bonds. The second-order valence-electron chi connectivity index (χ2n) is 3.81. The molecule has 0 aliphatic heterocycles. The Kier molecular flexibility index (Phi) is 5.46. The molecule has 21 heavy (non-hydrogen) atoms. The van der Waals surface area contributed by atoms with Gasteiger partial charge in [-0.3, -0.25) is 4.79 Å². The Morgan fingerprint density at radius 2 is 2.05 bits per heavy atom. The fourth-order valence-electron chi connectivity index (χ4n) is 1.40. The van der Waals surface area contributed by atoms with E-state index >= 15 is 0 Å². The van der Waals surface area contributed by atoms with E-state index in [1.165, 1.54) is 0 Å². The number of rotatable bonds is 5. The van der Waals surface area contributed by atoms with Gasteiger partial charge in [-0.25, -0.2) is 17.6 Å². The number of amides is 1. The number of hydrogen-bond acceptors (Lipinski definition) is 4. The first-order valence-electron chi connectivity index (χ1n) is 5.34. The summed E-state index contributed by atoms with van der Waals surface area (Å²) in [6.45, 7) is -0.171. The highest BCUT2D eigenvalue weighted by atomic mass is 79.9. The van der Waals surface area contributed by atoms with E-state index in [0.29, 0.717) is 0 Å². The molecule has 6 nitrogen and oxygen atoms in total. The molecule has 2 N–H and O–H groups in total. The number of benzene rings is 1. The summed E-state index contributed by atoms with van der Waals surface area (Å²) in [5, 5.41) is 10.9. The molecule has 0 unspecified atom stereocenters. The Labute approximate surface area is 128 Å². The highest BCUT2D eigenvalue weighted by Crippen LogP contribution is 2.25. The van der Waals surface area contributed by atoms with Gasteiger partial charge in [-0.05, 0) is 12.1 Å². The number of sulfone groups is 1. The van der Waals surface area contributed by atoms with Crippen molar-refractivity contribution in [3.05, 3.63) is 28.0 Å². The Bertz CT molecular complexity index is 739. The molecule has 0 saturated heterocycles. The molecule has 0 aliphatic carbocycles. The number of halogens is 2. The Hall–Kier alpha value is -1.92. The molecule has 0 fully saturated rings. The largest absolute Gasteiger partial charge is 0.478 e. The third kappa shape index (κ3) is 4.27. The lowest BCUT2D eigenvalue weighted by Gasteiger charge is -2.08. The van der Waals surface area contributed by atoms with Gasteiger partial charge in [0, 0.05) is 4.47 Å². The van der Waals surface area contributed by atoms with Crippen LogP contribution in [-0.2, 0) is 14.6 Å². The molecule has 1 aromatic carbocycles. The average Bonchev–Trinajstić information content (AvgIpc) is 2.37. The SMILES string of the molecule is C#CCNC(=O)CS(=O)(=O)c1cc(Br)cc(C(=O)O)c1F. The smallest absolute Gasteiger partial charge is 0.338 e. The van der Waals surface area contributed by atoms with Crippen molar-refractivity contribution in [3.63, 3.8) is 0 Å². The lowest BCUT2D eigenvalue weighted by Crippen LogP contribution is -2.31. The van der Waals surface area contributed by atoms with Crippen molar-refractivity contribution in [2.45, 2.75) is 4.90 Å². The molecule has 0 aromatic heterocycles. The first kappa shape index (κ1) is 17.1. The van der Waals surface area contributed by atoms with Crippen LogP contribution in [0, 0.1) is 18.2 Å². The van der Waals surface area contributed by atoms with Crippen molar-refractivity contribution in [2.24, 2.45) is 0 Å². The van der Waals surface area contributed by atoms with Crippen LogP contribution in [0.1, 0.15) is 10.4 Å². The van der Waals surface area contributed by atoms with Gasteiger partial charge in [0.25, 0.3) is 0 Å². The van der Waals surface area contributed by atoms with Crippen molar-refractivity contribution in [3.8, 4) is 12.3 Å². The van der Waals surface area contributed by atoms with Crippen molar-refractivity contribution in [1.82, 2.24) is 5.32 Å². The van der Waals surface area contributed by atoms with Crippen LogP contribution in [0.25, 0.3) is 0 Å². The van der Waals surface area contributed by atoms with Gasteiger partial charge in [-0.1, -0.05) is 21.9 Å². The van der Waals surface area contributed by atoms with Gasteiger partial charge in [0.05, 0.1) is 12.1 Å². The van der Waals surface area contributed by atoms with E-state index in [0.717, 1.165) is 12.1 Å². The number of aromatic carboxylic acids is 1. The number of nitrogens with one attached hydrogen (secondary N) is 1. The van der Waals surface area contributed by atoms with Crippen LogP contribution >= 0.6 is 15.9 Å². The maximum absolute atomic E-state index is 14.0. The summed E-state index contributed by atoms with van der Waals surface area (Å²) in [6.07, 6.45) is 4.90. The summed E-state index contributed by atoms with van der Waals surface area (Å²) in [5.41, 5.74) is -0.813. The second kappa shape index (κ2) is 6.69. The highest BCUT2D eigenvalue weighted by molar-refractivity contribution is 9.10. The van der Waals surface area contributed by atoms with Crippen LogP contribution in [-0.4, -0.2) is 37.7 Å². The van der Waals surface area contributed by atoms with Crippen molar-refractivity contribution in [2.75, 3.05) is 12.3 Å². The number of carboxylic acid groups (broad SMARTS) is 1. The summed E-state index contributed by atoms with van der Waals surface area (Å²) in [4.78, 5) is 21.4. The molecule has 1 rings (SSSR count). The summed E-state index contributed by atoms with van der Waals surface area (Å²) in [5.74, 6) is -2.91. The Balaban J connectivity index is 3.24. The number of carbonyl (C=O) groups excluding carboxylic acids is 1. The molecule has 0 spiro atoms. The Morgan fingerprint density at radius 1 is 1.43 bits per heavy atom. The van der Waals surface area contributed by atoms with E-state index in [-0.39, 0.29) is 11.0 Å². The van der Waals surface area contributed by atoms with Gasteiger partial charge in [-0.2, -0.15) is 0 Å². The Morgan fingerprint density at radius 3 is 2.57 bits per heavy atom. The molecule has 0 aliphatic rings. The molecule has 0 bridgehead atoms. The average molecular weight is 378 g/mol. The number of carbonyl (C=O) groups is 2. The summed E-state index contributed by atoms with van der Waals surface area (Å²) >= 11 is 2.89. The van der Waals surface area contributed by atoms with Gasteiger partial charge in [0.2, 0.25) is 5.91 Å². The van der Waals surface area contributed by atoms with Gasteiger partial charge >= 0.3 is 5.97 Å². The predicted octanol–water partition coefficient (Wildman–Crippen LogP) is 0.810. The highest BCUT2D eigenvalue weighted by Gasteiger charge is 2.27. The minimum atomic E-state index is -4.35. The molecular formula is C12H9BrFNO5S. The lowest BCUT2D eigenvalue weighted by molar-refractivity contribution is -0.118. The summed E-state index contributed by atoms with van der Waals surface area (Å²) in [6, 6.07) is 1.82. The van der Waals surface area contributed by atoms with E-state index < -0.39 is 43.7 Å². The van der Waals surface area contributed by atoms with Crippen molar-refractivity contribution >= 4 is 37.6 Å². The minimum Gasteiger partial charge on any atom is -0.478 e. The zero-order valence-corrected chi connectivity index (χ0v) is 12.8. The molecule has 0 radical (unpaired) electrons. The third-order valence-corrected chi connectivity index (χ3v) is 4.35. The minimum absolute atomic E-state index is 0.0592. The predicted molar refractivity (Wildman–Crippen MR) is 75.0 cm³/mol. The summed E-state index contributed by atoms with van der Waals surface area (Å²) < 4.78 is 38.0. The van der Waals surface area contributed by atoms with Crippen molar-refractivity contribution < 1.29 is 27.5 Å². The van der Waals surface area contributed by atoms with E-state index in [2.05, 4.69) is 27.2 Å². The zero-order valence-electron chi connectivity index (χ0n) is 10.4. The third-order valence-electron chi connectivity index (χ3n) is 2.28. The molecule has 9 heteroatoms. The monoisotopic (exact) mass is 377 g/mol. The standard InChI is InChI=1S/C12H9BrFNO5S/c1-2-3-15-10(16)6-21(19,20)9-5-7(13)4-8(11(9)14)12(17)18/h1,4-5H,3,6H2,(H,15,16)(H,17,18). The molecule has 1 aromatic rings. The van der Waals surface area contributed by atoms with Crippen LogP contribution in [0.4, 0.5) is 4.39 Å². The van der Waals surface area contributed by atoms with Gasteiger partial charge in [0.15, 0.2) is 15.7 Å². The van der Waals surface area contributed by atoms with E-state index in [1.807, 2.05) is 0 Å². The number of hydrogen-bond donors (Lipinski definition) is 2. The summed E-state index contributed by atoms with van der Waals surface area (Å²) in [7, 11) is -4.35. The van der Waals surface area contributed by atoms with Crippen LogP contribution in [0.15, 0.2) is 21.5 Å². The van der Waals surface area contributed by atoms with Crippen molar-refractivity contribution in [1.29, 1.82) is 0 Å². The first-order chi connectivity index (χ1) is 9.69. The van der Waals surface area contributed by atoms with E-state index in [4.69, 9.17) is 11.5 Å². The molecule has 0 saturated carbocycles. The maximum atomic E-state index is 14.0. The van der Waals surface area contributed by atoms with Gasteiger partial charge < -0.3 is 10.4 Å². The van der Waals surface area contributed by atoms with Crippen LogP contribution in [0.5, 0.6) is 0 Å². The van der Waals surface area contributed by atoms with E-state index in [9.17, 15) is 22.4 Å². The van der Waals surface area contributed by atoms with Crippen LogP contribution < -0.4 is 5.32 Å². The number of terminal acetylenes is 1. The fraction of sp³-hybridized carbons (Fsp3) is 0.167. The fourth-order valence-corrected chi connectivity index (χ4v) is 3.30. The lowest BCUT2D eigenvalue weighted by atomic mass is 10.2. The van der Waals surface area contributed by atoms with E-state index in [1.54, 1.807) is 0 Å². The molecule has 0 heterocycles. The maximum Gasteiger partial charge on any atom is 0.338 e. The quantitative estimate of drug-likeness (QED) is 0.739. The van der Waals surface area contributed by atoms with Crippen LogP contribution in [0.3, 0.4) is 0 Å². The van der Waals surface area contributed by atoms with Gasteiger partial charge in [-0.15, -0.1) is 6.42 Å². The van der Waals surface area contributed by atoms with Crippen LogP contribution in [0.2, 0.25) is 0 Å². The molecule has 0 atom stereocenters. The topological polar surface area (TPSA) is 101 Å². The second-order valence-corrected chi connectivity index (χ2v) is 6.68. The zero-order chi connectivity index (χ0) is 16.2.